The SMILES string of the molecule is Cc1ccccc1C[C@H](O)C1CCCC2=Cc3c(cnn3-c3ccc(F)cc3)C[C@@]21C. The lowest BCUT2D eigenvalue weighted by Crippen LogP contribution is -2.44. The molecule has 160 valence electrons. The molecule has 1 unspecified atom stereocenters. The molecule has 2 aliphatic carbocycles. The Morgan fingerprint density at radius 2 is 1.97 bits per heavy atom. The standard InChI is InChI=1S/C27H29FN2O/c1-18-6-3-4-7-19(18)14-26(31)24-9-5-8-21-15-25-20(16-27(21,24)2)17-29-30(25)23-12-10-22(28)11-13-23/h3-4,6-7,10-13,15,17,24,26,31H,5,8-9,14,16H2,1-2H3/t24?,26-,27-/m0/s1. The van der Waals surface area contributed by atoms with Gasteiger partial charge in [0.1, 0.15) is 5.82 Å². The highest BCUT2D eigenvalue weighted by molar-refractivity contribution is 5.61. The van der Waals surface area contributed by atoms with E-state index in [0.29, 0.717) is 6.42 Å². The Morgan fingerprint density at radius 3 is 2.74 bits per heavy atom. The van der Waals surface area contributed by atoms with Crippen LogP contribution in [0.1, 0.15) is 48.6 Å². The summed E-state index contributed by atoms with van der Waals surface area (Å²) in [5.74, 6) is -0.0251. The number of allylic oxidation sites excluding steroid dienone is 1. The number of halogens is 1. The lowest BCUT2D eigenvalue weighted by molar-refractivity contribution is 0.0233. The van der Waals surface area contributed by atoms with Gasteiger partial charge in [0.05, 0.1) is 23.7 Å². The van der Waals surface area contributed by atoms with Gasteiger partial charge in [-0.3, -0.25) is 0 Å². The fourth-order valence-corrected chi connectivity index (χ4v) is 5.69. The van der Waals surface area contributed by atoms with E-state index in [2.05, 4.69) is 49.3 Å². The predicted molar refractivity (Wildman–Crippen MR) is 122 cm³/mol. The average molecular weight is 417 g/mol. The molecule has 0 spiro atoms. The third kappa shape index (κ3) is 3.53. The summed E-state index contributed by atoms with van der Waals surface area (Å²) in [7, 11) is 0. The number of aryl methyl sites for hydroxylation is 1. The van der Waals surface area contributed by atoms with Crippen LogP contribution in [0.2, 0.25) is 0 Å². The Hall–Kier alpha value is -2.72. The van der Waals surface area contributed by atoms with Crippen LogP contribution in [-0.2, 0) is 12.8 Å². The van der Waals surface area contributed by atoms with E-state index in [9.17, 15) is 9.50 Å². The molecule has 0 saturated heterocycles. The van der Waals surface area contributed by atoms with E-state index in [0.717, 1.165) is 37.1 Å². The van der Waals surface area contributed by atoms with Crippen molar-refractivity contribution in [3.05, 3.63) is 88.5 Å². The van der Waals surface area contributed by atoms with Crippen LogP contribution >= 0.6 is 0 Å². The predicted octanol–water partition coefficient (Wildman–Crippen LogP) is 5.67. The minimum absolute atomic E-state index is 0.0655. The van der Waals surface area contributed by atoms with Gasteiger partial charge >= 0.3 is 0 Å². The zero-order chi connectivity index (χ0) is 21.6. The zero-order valence-electron chi connectivity index (χ0n) is 18.2. The normalized spacial score (nSPS) is 23.6. The van der Waals surface area contributed by atoms with Gasteiger partial charge in [0.2, 0.25) is 0 Å². The van der Waals surface area contributed by atoms with Crippen molar-refractivity contribution in [1.82, 2.24) is 9.78 Å². The summed E-state index contributed by atoms with van der Waals surface area (Å²) >= 11 is 0. The van der Waals surface area contributed by atoms with Gasteiger partial charge < -0.3 is 5.11 Å². The summed E-state index contributed by atoms with van der Waals surface area (Å²) in [6.07, 6.45) is 8.62. The molecule has 5 rings (SSSR count). The first-order chi connectivity index (χ1) is 15.0. The smallest absolute Gasteiger partial charge is 0.123 e. The molecule has 1 fully saturated rings. The summed E-state index contributed by atoms with van der Waals surface area (Å²) in [6.45, 7) is 4.44. The summed E-state index contributed by atoms with van der Waals surface area (Å²) in [6, 6.07) is 14.8. The quantitative estimate of drug-likeness (QED) is 0.595. The molecule has 0 amide bonds. The minimum atomic E-state index is -0.372. The number of fused-ring (bicyclic) bond motifs is 2. The molecule has 2 aromatic carbocycles. The van der Waals surface area contributed by atoms with Crippen molar-refractivity contribution in [1.29, 1.82) is 0 Å². The van der Waals surface area contributed by atoms with Gasteiger partial charge in [-0.25, -0.2) is 9.07 Å². The van der Waals surface area contributed by atoms with Crippen LogP contribution < -0.4 is 0 Å². The molecule has 1 N–H and O–H groups in total. The van der Waals surface area contributed by atoms with Gasteiger partial charge in [0.25, 0.3) is 0 Å². The van der Waals surface area contributed by atoms with Crippen molar-refractivity contribution in [2.24, 2.45) is 11.3 Å². The van der Waals surface area contributed by atoms with E-state index in [1.165, 1.54) is 34.4 Å². The van der Waals surface area contributed by atoms with E-state index in [1.807, 2.05) is 10.9 Å². The number of nitrogens with zero attached hydrogens (tertiary/aromatic N) is 2. The third-order valence-electron chi connectivity index (χ3n) is 7.49. The number of aliphatic hydroxyl groups excluding tert-OH is 1. The second-order valence-electron chi connectivity index (χ2n) is 9.40. The van der Waals surface area contributed by atoms with Gasteiger partial charge in [-0.2, -0.15) is 5.10 Å². The maximum absolute atomic E-state index is 13.4. The first-order valence-electron chi connectivity index (χ1n) is 11.2. The Labute approximate surface area is 183 Å². The number of aliphatic hydroxyl groups is 1. The summed E-state index contributed by atoms with van der Waals surface area (Å²) < 4.78 is 15.3. The summed E-state index contributed by atoms with van der Waals surface area (Å²) in [5, 5.41) is 16.0. The lowest BCUT2D eigenvalue weighted by atomic mass is 9.58. The van der Waals surface area contributed by atoms with Crippen molar-refractivity contribution in [3.8, 4) is 5.69 Å². The largest absolute Gasteiger partial charge is 0.392 e. The van der Waals surface area contributed by atoms with Crippen molar-refractivity contribution in [2.75, 3.05) is 0 Å². The number of rotatable bonds is 4. The highest BCUT2D eigenvalue weighted by atomic mass is 19.1. The minimum Gasteiger partial charge on any atom is -0.392 e. The van der Waals surface area contributed by atoms with Crippen LogP contribution in [0.3, 0.4) is 0 Å². The topological polar surface area (TPSA) is 38.1 Å². The molecule has 4 heteroatoms. The molecule has 0 aliphatic heterocycles. The van der Waals surface area contributed by atoms with E-state index in [4.69, 9.17) is 0 Å². The Morgan fingerprint density at radius 1 is 1.19 bits per heavy atom. The van der Waals surface area contributed by atoms with Crippen LogP contribution in [0.25, 0.3) is 11.8 Å². The van der Waals surface area contributed by atoms with Gasteiger partial charge in [0.15, 0.2) is 0 Å². The molecule has 31 heavy (non-hydrogen) atoms. The van der Waals surface area contributed by atoms with Gasteiger partial charge in [-0.1, -0.05) is 36.8 Å². The molecule has 3 aromatic rings. The van der Waals surface area contributed by atoms with Crippen LogP contribution in [0.15, 0.2) is 60.3 Å². The number of benzene rings is 2. The van der Waals surface area contributed by atoms with Crippen molar-refractivity contribution < 1.29 is 9.50 Å². The molecule has 1 aromatic heterocycles. The lowest BCUT2D eigenvalue weighted by Gasteiger charge is -2.47. The first-order valence-corrected chi connectivity index (χ1v) is 11.2. The maximum atomic E-state index is 13.4. The van der Waals surface area contributed by atoms with Crippen LogP contribution in [0.4, 0.5) is 4.39 Å². The Balaban J connectivity index is 1.46. The molecule has 0 bridgehead atoms. The number of aromatic nitrogens is 2. The van der Waals surface area contributed by atoms with E-state index in [-0.39, 0.29) is 23.3 Å². The molecular weight excluding hydrogens is 387 g/mol. The van der Waals surface area contributed by atoms with Crippen molar-refractivity contribution in [2.45, 2.75) is 52.1 Å². The molecule has 1 heterocycles. The number of hydrogen-bond acceptors (Lipinski definition) is 2. The molecule has 2 aliphatic rings. The molecule has 1 saturated carbocycles. The highest BCUT2D eigenvalue weighted by Crippen LogP contribution is 2.52. The molecular formula is C27H29FN2O. The Bertz CT molecular complexity index is 1130. The van der Waals surface area contributed by atoms with Gasteiger partial charge in [0, 0.05) is 0 Å². The Kier molecular flexibility index (Phi) is 5.05. The molecule has 0 radical (unpaired) electrons. The monoisotopic (exact) mass is 416 g/mol. The molecule has 3 nitrogen and oxygen atoms in total. The zero-order valence-corrected chi connectivity index (χ0v) is 18.2. The van der Waals surface area contributed by atoms with E-state index >= 15 is 0 Å². The second-order valence-corrected chi connectivity index (χ2v) is 9.40. The van der Waals surface area contributed by atoms with Gasteiger partial charge in [-0.15, -0.1) is 0 Å². The average Bonchev–Trinajstić information content (AvgIpc) is 3.15. The fourth-order valence-electron chi connectivity index (χ4n) is 5.69. The first kappa shape index (κ1) is 20.2. The maximum Gasteiger partial charge on any atom is 0.123 e. The van der Waals surface area contributed by atoms with Crippen LogP contribution in [0.5, 0.6) is 0 Å². The molecule has 3 atom stereocenters. The highest BCUT2D eigenvalue weighted by Gasteiger charge is 2.46. The fraction of sp³-hybridized carbons (Fsp3) is 0.370. The van der Waals surface area contributed by atoms with Gasteiger partial charge in [-0.05, 0) is 97.4 Å². The van der Waals surface area contributed by atoms with E-state index in [1.54, 1.807) is 12.1 Å². The van der Waals surface area contributed by atoms with Crippen LogP contribution in [0, 0.1) is 24.1 Å². The third-order valence-corrected chi connectivity index (χ3v) is 7.49. The van der Waals surface area contributed by atoms with Crippen LogP contribution in [-0.4, -0.2) is 21.0 Å². The number of hydrogen-bond donors (Lipinski definition) is 1. The van der Waals surface area contributed by atoms with Crippen molar-refractivity contribution >= 4 is 6.08 Å². The van der Waals surface area contributed by atoms with E-state index < -0.39 is 0 Å². The second kappa shape index (κ2) is 7.76. The summed E-state index contributed by atoms with van der Waals surface area (Å²) in [5.41, 5.74) is 6.97. The summed E-state index contributed by atoms with van der Waals surface area (Å²) in [4.78, 5) is 0. The van der Waals surface area contributed by atoms with Crippen molar-refractivity contribution in [3.63, 3.8) is 0 Å².